The third kappa shape index (κ3) is 2.55. The first-order chi connectivity index (χ1) is 7.63. The van der Waals surface area contributed by atoms with Gasteiger partial charge in [0, 0.05) is 5.56 Å². The largest absolute Gasteiger partial charge is 0.504 e. The molecule has 0 bridgehead atoms. The van der Waals surface area contributed by atoms with Crippen LogP contribution in [0, 0.1) is 0 Å². The summed E-state index contributed by atoms with van der Waals surface area (Å²) in [6.07, 6.45) is 2.33. The van der Waals surface area contributed by atoms with Gasteiger partial charge in [-0.3, -0.25) is 0 Å². The SMILES string of the molecule is C=CCc1cc(OC)c(O)c(C(O)CC)c1. The van der Waals surface area contributed by atoms with Crippen LogP contribution in [0.15, 0.2) is 24.8 Å². The number of hydrogen-bond acceptors (Lipinski definition) is 3. The van der Waals surface area contributed by atoms with Crippen LogP contribution >= 0.6 is 0 Å². The van der Waals surface area contributed by atoms with Gasteiger partial charge in [0.25, 0.3) is 0 Å². The second-order valence-corrected chi connectivity index (χ2v) is 3.65. The molecule has 1 aromatic carbocycles. The molecule has 3 heteroatoms. The molecule has 0 aliphatic carbocycles. The molecule has 0 spiro atoms. The lowest BCUT2D eigenvalue weighted by atomic mass is 10.0. The lowest BCUT2D eigenvalue weighted by molar-refractivity contribution is 0.169. The maximum absolute atomic E-state index is 9.87. The van der Waals surface area contributed by atoms with Crippen molar-refractivity contribution in [3.05, 3.63) is 35.9 Å². The van der Waals surface area contributed by atoms with Crippen LogP contribution in [0.1, 0.15) is 30.6 Å². The van der Waals surface area contributed by atoms with E-state index in [0.717, 1.165) is 5.56 Å². The van der Waals surface area contributed by atoms with Crippen LogP contribution < -0.4 is 4.74 Å². The molecule has 0 saturated carbocycles. The van der Waals surface area contributed by atoms with Gasteiger partial charge >= 0.3 is 0 Å². The van der Waals surface area contributed by atoms with Crippen molar-refractivity contribution in [3.8, 4) is 11.5 Å². The Labute approximate surface area is 96.0 Å². The molecule has 88 valence electrons. The summed E-state index contributed by atoms with van der Waals surface area (Å²) < 4.78 is 5.07. The van der Waals surface area contributed by atoms with Crippen LogP contribution in [0.4, 0.5) is 0 Å². The van der Waals surface area contributed by atoms with Gasteiger partial charge in [0.15, 0.2) is 11.5 Å². The normalized spacial score (nSPS) is 12.2. The smallest absolute Gasteiger partial charge is 0.163 e. The lowest BCUT2D eigenvalue weighted by Crippen LogP contribution is -1.99. The summed E-state index contributed by atoms with van der Waals surface area (Å²) >= 11 is 0. The Bertz CT molecular complexity index is 372. The van der Waals surface area contributed by atoms with Crippen molar-refractivity contribution in [2.45, 2.75) is 25.9 Å². The molecule has 1 rings (SSSR count). The highest BCUT2D eigenvalue weighted by atomic mass is 16.5. The molecule has 0 heterocycles. The minimum atomic E-state index is -0.668. The van der Waals surface area contributed by atoms with Gasteiger partial charge in [0.05, 0.1) is 13.2 Å². The van der Waals surface area contributed by atoms with Crippen molar-refractivity contribution in [1.29, 1.82) is 0 Å². The van der Waals surface area contributed by atoms with Gasteiger partial charge in [0.2, 0.25) is 0 Å². The predicted octanol–water partition coefficient (Wildman–Crippen LogP) is 2.57. The average molecular weight is 222 g/mol. The molecule has 0 saturated heterocycles. The highest BCUT2D eigenvalue weighted by Crippen LogP contribution is 2.36. The van der Waals surface area contributed by atoms with Crippen molar-refractivity contribution < 1.29 is 14.9 Å². The summed E-state index contributed by atoms with van der Waals surface area (Å²) in [4.78, 5) is 0. The molecule has 1 unspecified atom stereocenters. The third-order valence-electron chi connectivity index (χ3n) is 2.51. The van der Waals surface area contributed by atoms with Crippen LogP contribution in [-0.2, 0) is 6.42 Å². The number of aliphatic hydroxyl groups excluding tert-OH is 1. The van der Waals surface area contributed by atoms with Gasteiger partial charge in [0.1, 0.15) is 0 Å². The Hall–Kier alpha value is -1.48. The fourth-order valence-corrected chi connectivity index (χ4v) is 1.60. The van der Waals surface area contributed by atoms with Crippen molar-refractivity contribution in [2.75, 3.05) is 7.11 Å². The molecule has 0 radical (unpaired) electrons. The zero-order valence-corrected chi connectivity index (χ0v) is 9.73. The number of aliphatic hydroxyl groups is 1. The first-order valence-corrected chi connectivity index (χ1v) is 5.32. The number of ether oxygens (including phenoxy) is 1. The molecule has 2 N–H and O–H groups in total. The van der Waals surface area contributed by atoms with Crippen LogP contribution in [0.2, 0.25) is 0 Å². The number of phenols is 1. The van der Waals surface area contributed by atoms with E-state index < -0.39 is 6.10 Å². The Kier molecular flexibility index (Phi) is 4.38. The van der Waals surface area contributed by atoms with E-state index in [1.54, 1.807) is 18.2 Å². The topological polar surface area (TPSA) is 49.7 Å². The standard InChI is InChI=1S/C13H18O3/c1-4-6-9-7-10(11(14)5-2)13(15)12(8-9)16-3/h4,7-8,11,14-15H,1,5-6H2,2-3H3. The zero-order chi connectivity index (χ0) is 12.1. The maximum atomic E-state index is 9.87. The van der Waals surface area contributed by atoms with Gasteiger partial charge < -0.3 is 14.9 Å². The predicted molar refractivity (Wildman–Crippen MR) is 63.8 cm³/mol. The molecule has 0 amide bonds. The summed E-state index contributed by atoms with van der Waals surface area (Å²) in [5.41, 5.74) is 1.48. The molecule has 1 atom stereocenters. The molecule has 1 aromatic rings. The van der Waals surface area contributed by atoms with E-state index >= 15 is 0 Å². The Morgan fingerprint density at radius 2 is 2.19 bits per heavy atom. The van der Waals surface area contributed by atoms with Crippen LogP contribution in [0.5, 0.6) is 11.5 Å². The van der Waals surface area contributed by atoms with E-state index in [-0.39, 0.29) is 5.75 Å². The molecule has 16 heavy (non-hydrogen) atoms. The van der Waals surface area contributed by atoms with Gasteiger partial charge in [-0.25, -0.2) is 0 Å². The quantitative estimate of drug-likeness (QED) is 0.753. The first kappa shape index (κ1) is 12.6. The van der Waals surface area contributed by atoms with E-state index in [2.05, 4.69) is 6.58 Å². The van der Waals surface area contributed by atoms with Gasteiger partial charge in [-0.2, -0.15) is 0 Å². The van der Waals surface area contributed by atoms with E-state index in [0.29, 0.717) is 24.2 Å². The maximum Gasteiger partial charge on any atom is 0.163 e. The number of rotatable bonds is 5. The Morgan fingerprint density at radius 1 is 1.50 bits per heavy atom. The molecule has 0 aliphatic rings. The van der Waals surface area contributed by atoms with Crippen LogP contribution in [-0.4, -0.2) is 17.3 Å². The highest BCUT2D eigenvalue weighted by molar-refractivity contribution is 5.49. The number of aromatic hydroxyl groups is 1. The van der Waals surface area contributed by atoms with Crippen LogP contribution in [0.25, 0.3) is 0 Å². The monoisotopic (exact) mass is 222 g/mol. The van der Waals surface area contributed by atoms with E-state index in [1.165, 1.54) is 7.11 Å². The van der Waals surface area contributed by atoms with Crippen molar-refractivity contribution in [3.63, 3.8) is 0 Å². The minimum absolute atomic E-state index is 0.0182. The van der Waals surface area contributed by atoms with Gasteiger partial charge in [-0.05, 0) is 30.5 Å². The number of benzene rings is 1. The average Bonchev–Trinajstić information content (AvgIpc) is 2.30. The summed E-state index contributed by atoms with van der Waals surface area (Å²) in [6.45, 7) is 5.52. The number of phenolic OH excluding ortho intramolecular Hbond substituents is 1. The molecule has 0 aliphatic heterocycles. The van der Waals surface area contributed by atoms with Gasteiger partial charge in [-0.1, -0.05) is 13.0 Å². The summed E-state index contributed by atoms with van der Waals surface area (Å²) in [5.74, 6) is 0.409. The Morgan fingerprint density at radius 3 is 2.69 bits per heavy atom. The molecular weight excluding hydrogens is 204 g/mol. The van der Waals surface area contributed by atoms with Crippen molar-refractivity contribution in [1.82, 2.24) is 0 Å². The molecule has 0 aromatic heterocycles. The summed E-state index contributed by atoms with van der Waals surface area (Å²) in [5, 5.41) is 19.7. The third-order valence-corrected chi connectivity index (χ3v) is 2.51. The van der Waals surface area contributed by atoms with Crippen LogP contribution in [0.3, 0.4) is 0 Å². The molecule has 3 nitrogen and oxygen atoms in total. The fourth-order valence-electron chi connectivity index (χ4n) is 1.60. The van der Waals surface area contributed by atoms with E-state index in [1.807, 2.05) is 6.92 Å². The fraction of sp³-hybridized carbons (Fsp3) is 0.385. The number of methoxy groups -OCH3 is 1. The second kappa shape index (κ2) is 5.56. The molecular formula is C13H18O3. The zero-order valence-electron chi connectivity index (χ0n) is 9.73. The van der Waals surface area contributed by atoms with Crippen molar-refractivity contribution >= 4 is 0 Å². The van der Waals surface area contributed by atoms with E-state index in [9.17, 15) is 10.2 Å². The van der Waals surface area contributed by atoms with E-state index in [4.69, 9.17) is 4.74 Å². The summed E-state index contributed by atoms with van der Waals surface area (Å²) in [7, 11) is 1.49. The second-order valence-electron chi connectivity index (χ2n) is 3.65. The highest BCUT2D eigenvalue weighted by Gasteiger charge is 2.15. The number of allylic oxidation sites excluding steroid dienone is 1. The molecule has 0 fully saturated rings. The minimum Gasteiger partial charge on any atom is -0.504 e. The lowest BCUT2D eigenvalue weighted by Gasteiger charge is -2.15. The Balaban J connectivity index is 3.23. The number of hydrogen-bond donors (Lipinski definition) is 2. The first-order valence-electron chi connectivity index (χ1n) is 5.32. The van der Waals surface area contributed by atoms with Gasteiger partial charge in [-0.15, -0.1) is 6.58 Å². The summed E-state index contributed by atoms with van der Waals surface area (Å²) in [6, 6.07) is 3.54. The van der Waals surface area contributed by atoms with Crippen molar-refractivity contribution in [2.24, 2.45) is 0 Å².